The molecule has 0 aliphatic heterocycles. The molecule has 8 aromatic carbocycles. The van der Waals surface area contributed by atoms with E-state index >= 15 is 0 Å². The lowest BCUT2D eigenvalue weighted by atomic mass is 10.1. The van der Waals surface area contributed by atoms with Crippen LogP contribution < -0.4 is 10.4 Å². The Morgan fingerprint density at radius 2 is 0.649 bits per heavy atom. The maximum Gasteiger partial charge on any atom is 0.163 e. The van der Waals surface area contributed by atoms with Crippen LogP contribution >= 0.6 is 0 Å². The number of terminal acetylenes is 1. The molecule has 0 fully saturated rings. The Kier molecular flexibility index (Phi) is 12.8. The van der Waals surface area contributed by atoms with E-state index in [2.05, 4.69) is 234 Å². The molecule has 0 bridgehead atoms. The largest absolute Gasteiger partial charge is 0.163 e. The molecule has 0 heterocycles. The van der Waals surface area contributed by atoms with Gasteiger partial charge in [0, 0.05) is 16.7 Å². The van der Waals surface area contributed by atoms with E-state index in [1.165, 1.54) is 59.4 Å². The van der Waals surface area contributed by atoms with Crippen LogP contribution in [0.15, 0.2) is 170 Å². The first-order valence-corrected chi connectivity index (χ1v) is 25.5. The molecule has 0 N–H and O–H groups in total. The van der Waals surface area contributed by atoms with E-state index in [-0.39, 0.29) is 0 Å². The van der Waals surface area contributed by atoms with Crippen molar-refractivity contribution in [3.8, 4) is 35.3 Å². The second kappa shape index (κ2) is 18.1. The molecule has 0 aliphatic carbocycles. The summed E-state index contributed by atoms with van der Waals surface area (Å²) in [4.78, 5) is 0. The maximum atomic E-state index is 5.32. The van der Waals surface area contributed by atoms with Crippen LogP contribution in [0.4, 0.5) is 0 Å². The lowest BCUT2D eigenvalue weighted by Crippen LogP contribution is -2.39. The summed E-state index contributed by atoms with van der Waals surface area (Å²) >= 11 is 0. The fourth-order valence-electron chi connectivity index (χ4n) is 6.65. The Balaban J connectivity index is 0.000000150. The van der Waals surface area contributed by atoms with Crippen LogP contribution in [0.5, 0.6) is 0 Å². The molecular weight excluding hydrogens is 717 g/mol. The molecule has 0 radical (unpaired) electrons. The minimum atomic E-state index is -1.70. The summed E-state index contributed by atoms with van der Waals surface area (Å²) in [6.45, 7) is 15.6. The molecule has 0 spiro atoms. The van der Waals surface area contributed by atoms with Gasteiger partial charge in [0.05, 0.1) is 0 Å². The third kappa shape index (κ3) is 10.9. The summed E-state index contributed by atoms with van der Waals surface area (Å²) in [6.07, 6.45) is 5.32. The number of fused-ring (bicyclic) bond motifs is 3. The van der Waals surface area contributed by atoms with Gasteiger partial charge in [-0.2, -0.15) is 0 Å². The van der Waals surface area contributed by atoms with Crippen molar-refractivity contribution in [2.45, 2.75) is 47.0 Å². The van der Waals surface area contributed by atoms with Gasteiger partial charge >= 0.3 is 0 Å². The van der Waals surface area contributed by atoms with E-state index < -0.39 is 16.1 Å². The van der Waals surface area contributed by atoms with Crippen molar-refractivity contribution in [2.24, 2.45) is 0 Å². The van der Waals surface area contributed by atoms with Crippen molar-refractivity contribution in [3.05, 3.63) is 203 Å². The van der Waals surface area contributed by atoms with Crippen LogP contribution in [0.1, 0.15) is 33.4 Å². The molecule has 0 unspecified atom stereocenters. The zero-order valence-electron chi connectivity index (χ0n) is 34.2. The van der Waals surface area contributed by atoms with Gasteiger partial charge in [-0.1, -0.05) is 194 Å². The monoisotopic (exact) mass is 766 g/mol. The van der Waals surface area contributed by atoms with Crippen LogP contribution in [-0.4, -0.2) is 16.1 Å². The second-order valence-corrected chi connectivity index (χ2v) is 24.0. The normalized spacial score (nSPS) is 10.8. The van der Waals surface area contributed by atoms with E-state index in [9.17, 15) is 0 Å². The lowest BCUT2D eigenvalue weighted by Gasteiger charge is -2.14. The van der Waals surface area contributed by atoms with Gasteiger partial charge in [-0.25, -0.2) is 0 Å². The van der Waals surface area contributed by atoms with Crippen LogP contribution in [0.3, 0.4) is 0 Å². The highest BCUT2D eigenvalue weighted by Crippen LogP contribution is 2.20. The van der Waals surface area contributed by atoms with E-state index in [1.807, 2.05) is 12.1 Å². The van der Waals surface area contributed by atoms with Crippen LogP contribution in [0.25, 0.3) is 32.3 Å². The number of benzene rings is 8. The maximum absolute atomic E-state index is 5.32. The van der Waals surface area contributed by atoms with Crippen molar-refractivity contribution in [1.82, 2.24) is 0 Å². The van der Waals surface area contributed by atoms with Crippen molar-refractivity contribution in [3.63, 3.8) is 0 Å². The highest BCUT2D eigenvalue weighted by atomic mass is 28.3. The summed E-state index contributed by atoms with van der Waals surface area (Å²) < 4.78 is 0. The molecule has 0 saturated heterocycles. The quantitative estimate of drug-likeness (QED) is 0.121. The smallest absolute Gasteiger partial charge is 0.121 e. The topological polar surface area (TPSA) is 0 Å². The molecule has 0 saturated carbocycles. The molecule has 0 aromatic heterocycles. The summed E-state index contributed by atoms with van der Waals surface area (Å²) in [5.41, 5.74) is 14.1. The van der Waals surface area contributed by atoms with Crippen molar-refractivity contribution < 1.29 is 0 Å². The lowest BCUT2D eigenvalue weighted by molar-refractivity contribution is 1.50. The van der Waals surface area contributed by atoms with Crippen molar-refractivity contribution in [2.75, 3.05) is 0 Å². The first kappa shape index (κ1) is 40.3. The zero-order chi connectivity index (χ0) is 40.4. The molecule has 0 atom stereocenters. The number of aryl methyl sites for hydroxylation is 3. The average Bonchev–Trinajstić information content (AvgIpc) is 3.23. The Bertz CT molecular complexity index is 2680. The molecule has 8 rings (SSSR count). The number of hydrogen-bond acceptors (Lipinski definition) is 0. The Labute approximate surface area is 342 Å². The Hall–Kier alpha value is -6.35. The molecule has 8 aromatic rings. The Morgan fingerprint density at radius 3 is 1.00 bits per heavy atom. The van der Waals surface area contributed by atoms with Gasteiger partial charge in [-0.15, -0.1) is 17.5 Å². The molecular formula is C55H50Si2. The summed E-state index contributed by atoms with van der Waals surface area (Å²) in [5, 5.41) is 10.3. The van der Waals surface area contributed by atoms with Gasteiger partial charge in [-0.05, 0) is 99.9 Å². The predicted molar refractivity (Wildman–Crippen MR) is 255 cm³/mol. The predicted octanol–water partition coefficient (Wildman–Crippen LogP) is 12.4. The molecule has 2 heteroatoms. The summed E-state index contributed by atoms with van der Waals surface area (Å²) in [7, 11) is -3.40. The third-order valence-corrected chi connectivity index (χ3v) is 15.2. The molecule has 0 nitrogen and oxygen atoms in total. The summed E-state index contributed by atoms with van der Waals surface area (Å²) in [6, 6.07) is 59.8. The van der Waals surface area contributed by atoms with Crippen LogP contribution in [-0.2, 0) is 0 Å². The summed E-state index contributed by atoms with van der Waals surface area (Å²) in [5.74, 6) is 9.44. The highest BCUT2D eigenvalue weighted by Gasteiger charge is 2.21. The molecule has 0 aliphatic rings. The van der Waals surface area contributed by atoms with E-state index in [0.29, 0.717) is 0 Å². The minimum Gasteiger partial charge on any atom is -0.121 e. The number of hydrogen-bond donors (Lipinski definition) is 0. The van der Waals surface area contributed by atoms with Crippen molar-refractivity contribution >= 4 is 58.8 Å². The van der Waals surface area contributed by atoms with Gasteiger partial charge in [0.25, 0.3) is 0 Å². The molecule has 278 valence electrons. The molecule has 57 heavy (non-hydrogen) atoms. The van der Waals surface area contributed by atoms with E-state index in [4.69, 9.17) is 6.42 Å². The standard InChI is InChI=1S/2C21H20Si.C13H10/c2*1-17-9-11-20-16-18(10-12-19(20)15-17)13-14-22(2,3)21-7-5-4-6-8-21;1-3-11-5-7-12-8-10(2)4-6-13(12)9-11/h2*4-12,15-16H,1-3H3;1,4-9H,2H3. The average molecular weight is 767 g/mol. The fraction of sp³-hybridized carbons (Fsp3) is 0.127. The van der Waals surface area contributed by atoms with Gasteiger partial charge in [-0.3, -0.25) is 0 Å². The minimum absolute atomic E-state index is 0.941. The van der Waals surface area contributed by atoms with Gasteiger partial charge in [0.15, 0.2) is 16.1 Å². The molecule has 0 amide bonds. The fourth-order valence-corrected chi connectivity index (χ4v) is 9.91. The van der Waals surface area contributed by atoms with Crippen molar-refractivity contribution in [1.29, 1.82) is 0 Å². The third-order valence-electron chi connectivity index (χ3n) is 10.2. The SMILES string of the molecule is C#Cc1ccc2cc(C)ccc2c1.Cc1ccc2cc(C#C[Si](C)(C)c3ccccc3)ccc2c1.Cc1ccc2cc(C#C[Si](C)(C)c3ccccc3)ccc2c1. The van der Waals surface area contributed by atoms with Crippen LogP contribution in [0.2, 0.25) is 26.2 Å². The second-order valence-electron chi connectivity index (χ2n) is 15.8. The van der Waals surface area contributed by atoms with Gasteiger partial charge in [0.1, 0.15) is 0 Å². The first-order chi connectivity index (χ1) is 27.4. The number of rotatable bonds is 2. The van der Waals surface area contributed by atoms with E-state index in [1.54, 1.807) is 0 Å². The van der Waals surface area contributed by atoms with E-state index in [0.717, 1.165) is 16.7 Å². The van der Waals surface area contributed by atoms with Gasteiger partial charge < -0.3 is 0 Å². The first-order valence-electron chi connectivity index (χ1n) is 19.5. The Morgan fingerprint density at radius 1 is 0.351 bits per heavy atom. The van der Waals surface area contributed by atoms with Gasteiger partial charge in [0.2, 0.25) is 0 Å². The highest BCUT2D eigenvalue weighted by molar-refractivity contribution is 6.96. The zero-order valence-corrected chi connectivity index (χ0v) is 36.2. The van der Waals surface area contributed by atoms with Crippen LogP contribution in [0, 0.1) is 56.0 Å².